The minimum absolute atomic E-state index is 0.258. The van der Waals surface area contributed by atoms with Gasteiger partial charge in [-0.05, 0) is 43.4 Å². The van der Waals surface area contributed by atoms with E-state index in [2.05, 4.69) is 29.2 Å². The lowest BCUT2D eigenvalue weighted by atomic mass is 10.0. The average molecular weight is 305 g/mol. The second-order valence-corrected chi connectivity index (χ2v) is 6.41. The van der Waals surface area contributed by atoms with Crippen LogP contribution in [0.1, 0.15) is 30.4 Å². The highest BCUT2D eigenvalue weighted by atomic mass is 16.5. The van der Waals surface area contributed by atoms with Crippen molar-refractivity contribution in [3.05, 3.63) is 35.4 Å². The van der Waals surface area contributed by atoms with Crippen molar-refractivity contribution in [3.63, 3.8) is 0 Å². The molecule has 1 N–H and O–H groups in total. The normalized spacial score (nSPS) is 22.0. The van der Waals surface area contributed by atoms with Crippen molar-refractivity contribution >= 4 is 0 Å². The van der Waals surface area contributed by atoms with Crippen LogP contribution in [0.2, 0.25) is 0 Å². The molecular formula is C18H27NO3. The number of aryl methyl sites for hydroxylation is 1. The number of rotatable bonds is 5. The highest BCUT2D eigenvalue weighted by molar-refractivity contribution is 5.28. The van der Waals surface area contributed by atoms with Gasteiger partial charge >= 0.3 is 0 Å². The van der Waals surface area contributed by atoms with Crippen LogP contribution >= 0.6 is 0 Å². The molecule has 0 radical (unpaired) electrons. The van der Waals surface area contributed by atoms with Crippen molar-refractivity contribution < 1.29 is 14.6 Å². The van der Waals surface area contributed by atoms with Crippen molar-refractivity contribution in [3.8, 4) is 0 Å². The highest BCUT2D eigenvalue weighted by Crippen LogP contribution is 2.18. The van der Waals surface area contributed by atoms with E-state index in [4.69, 9.17) is 9.47 Å². The Morgan fingerprint density at radius 3 is 2.82 bits per heavy atom. The standard InChI is InChI=1S/C18H27NO3/c20-17(14-22-18-7-10-21-11-8-18)13-19-9-3-6-15-4-1-2-5-16(15)12-19/h1-2,4-5,17-18,20H,3,6-14H2. The molecule has 2 aliphatic heterocycles. The van der Waals surface area contributed by atoms with Gasteiger partial charge in [-0.25, -0.2) is 0 Å². The molecule has 1 unspecified atom stereocenters. The van der Waals surface area contributed by atoms with E-state index in [0.29, 0.717) is 13.2 Å². The summed E-state index contributed by atoms with van der Waals surface area (Å²) in [5.74, 6) is 0. The Morgan fingerprint density at radius 2 is 2.00 bits per heavy atom. The van der Waals surface area contributed by atoms with E-state index < -0.39 is 6.10 Å². The summed E-state index contributed by atoms with van der Waals surface area (Å²) in [6.07, 6.45) is 4.04. The Kier molecular flexibility index (Phi) is 5.84. The van der Waals surface area contributed by atoms with Gasteiger partial charge < -0.3 is 14.6 Å². The Hall–Kier alpha value is -0.940. The Bertz CT molecular complexity index is 459. The number of fused-ring (bicyclic) bond motifs is 1. The van der Waals surface area contributed by atoms with E-state index in [9.17, 15) is 5.11 Å². The third kappa shape index (κ3) is 4.53. The van der Waals surface area contributed by atoms with Gasteiger partial charge in [0.15, 0.2) is 0 Å². The Balaban J connectivity index is 1.45. The lowest BCUT2D eigenvalue weighted by Crippen LogP contribution is -2.36. The van der Waals surface area contributed by atoms with E-state index in [-0.39, 0.29) is 6.10 Å². The smallest absolute Gasteiger partial charge is 0.0900 e. The zero-order chi connectivity index (χ0) is 15.2. The largest absolute Gasteiger partial charge is 0.389 e. The minimum Gasteiger partial charge on any atom is -0.389 e. The summed E-state index contributed by atoms with van der Waals surface area (Å²) in [5, 5.41) is 10.3. The van der Waals surface area contributed by atoms with Crippen LogP contribution in [-0.2, 0) is 22.4 Å². The van der Waals surface area contributed by atoms with Gasteiger partial charge in [-0.15, -0.1) is 0 Å². The third-order valence-corrected chi connectivity index (χ3v) is 4.59. The first-order valence-corrected chi connectivity index (χ1v) is 8.48. The number of hydrogen-bond acceptors (Lipinski definition) is 4. The second-order valence-electron chi connectivity index (χ2n) is 6.41. The van der Waals surface area contributed by atoms with Gasteiger partial charge in [0.25, 0.3) is 0 Å². The lowest BCUT2D eigenvalue weighted by molar-refractivity contribution is -0.0644. The topological polar surface area (TPSA) is 41.9 Å². The first-order valence-electron chi connectivity index (χ1n) is 8.48. The predicted octanol–water partition coefficient (Wildman–Crippen LogP) is 1.99. The second kappa shape index (κ2) is 8.06. The fourth-order valence-electron chi connectivity index (χ4n) is 3.37. The Morgan fingerprint density at radius 1 is 1.23 bits per heavy atom. The molecule has 1 atom stereocenters. The van der Waals surface area contributed by atoms with Crippen LogP contribution < -0.4 is 0 Å². The molecule has 22 heavy (non-hydrogen) atoms. The molecule has 122 valence electrons. The summed E-state index contributed by atoms with van der Waals surface area (Å²) >= 11 is 0. The Labute approximate surface area is 133 Å². The van der Waals surface area contributed by atoms with Crippen molar-refractivity contribution in [2.75, 3.05) is 32.9 Å². The van der Waals surface area contributed by atoms with E-state index in [1.807, 2.05) is 0 Å². The fraction of sp³-hybridized carbons (Fsp3) is 0.667. The average Bonchev–Trinajstić information content (AvgIpc) is 2.75. The summed E-state index contributed by atoms with van der Waals surface area (Å²) in [6, 6.07) is 8.65. The van der Waals surface area contributed by atoms with Gasteiger partial charge in [0.1, 0.15) is 0 Å². The summed E-state index contributed by atoms with van der Waals surface area (Å²) in [6.45, 7) is 4.67. The molecule has 2 aliphatic rings. The molecule has 2 heterocycles. The van der Waals surface area contributed by atoms with Gasteiger partial charge in [-0.1, -0.05) is 24.3 Å². The molecule has 0 saturated carbocycles. The molecule has 1 fully saturated rings. The maximum Gasteiger partial charge on any atom is 0.0900 e. The molecule has 3 rings (SSSR count). The maximum absolute atomic E-state index is 10.3. The summed E-state index contributed by atoms with van der Waals surface area (Å²) in [4.78, 5) is 2.35. The van der Waals surface area contributed by atoms with Crippen LogP contribution in [0.15, 0.2) is 24.3 Å². The van der Waals surface area contributed by atoms with E-state index in [1.54, 1.807) is 0 Å². The molecule has 1 aromatic rings. The van der Waals surface area contributed by atoms with Gasteiger partial charge in [0, 0.05) is 26.3 Å². The minimum atomic E-state index is -0.409. The zero-order valence-electron chi connectivity index (χ0n) is 13.2. The summed E-state index contributed by atoms with van der Waals surface area (Å²) < 4.78 is 11.2. The molecular weight excluding hydrogens is 278 g/mol. The summed E-state index contributed by atoms with van der Waals surface area (Å²) in [5.41, 5.74) is 2.86. The number of β-amino-alcohol motifs (C(OH)–C–C–N with tert-alkyl or cyclic N) is 1. The zero-order valence-corrected chi connectivity index (χ0v) is 13.2. The van der Waals surface area contributed by atoms with Crippen molar-refractivity contribution in [1.82, 2.24) is 4.90 Å². The van der Waals surface area contributed by atoms with Crippen LogP contribution in [0, 0.1) is 0 Å². The van der Waals surface area contributed by atoms with Crippen molar-refractivity contribution in [1.29, 1.82) is 0 Å². The number of aliphatic hydroxyl groups is 1. The fourth-order valence-corrected chi connectivity index (χ4v) is 3.37. The number of aliphatic hydroxyl groups excluding tert-OH is 1. The van der Waals surface area contributed by atoms with Gasteiger partial charge in [-0.2, -0.15) is 0 Å². The number of benzene rings is 1. The van der Waals surface area contributed by atoms with Crippen LogP contribution in [0.3, 0.4) is 0 Å². The molecule has 0 aromatic heterocycles. The first-order chi connectivity index (χ1) is 10.8. The number of nitrogens with zero attached hydrogens (tertiary/aromatic N) is 1. The SMILES string of the molecule is OC(COC1CCOCC1)CN1CCCc2ccccc2C1. The predicted molar refractivity (Wildman–Crippen MR) is 85.8 cm³/mol. The number of ether oxygens (including phenoxy) is 2. The van der Waals surface area contributed by atoms with Crippen molar-refractivity contribution in [2.45, 2.75) is 44.4 Å². The molecule has 0 aliphatic carbocycles. The van der Waals surface area contributed by atoms with Crippen LogP contribution in [0.5, 0.6) is 0 Å². The molecule has 4 nitrogen and oxygen atoms in total. The molecule has 0 spiro atoms. The molecule has 1 saturated heterocycles. The van der Waals surface area contributed by atoms with Gasteiger partial charge in [0.05, 0.1) is 18.8 Å². The third-order valence-electron chi connectivity index (χ3n) is 4.59. The summed E-state index contributed by atoms with van der Waals surface area (Å²) in [7, 11) is 0. The molecule has 4 heteroatoms. The lowest BCUT2D eigenvalue weighted by Gasteiger charge is -2.26. The number of hydrogen-bond donors (Lipinski definition) is 1. The van der Waals surface area contributed by atoms with Crippen LogP contribution in [0.25, 0.3) is 0 Å². The van der Waals surface area contributed by atoms with Gasteiger partial charge in [0.2, 0.25) is 0 Å². The van der Waals surface area contributed by atoms with Crippen molar-refractivity contribution in [2.24, 2.45) is 0 Å². The van der Waals surface area contributed by atoms with E-state index in [0.717, 1.165) is 52.0 Å². The monoisotopic (exact) mass is 305 g/mol. The first kappa shape index (κ1) is 15.9. The molecule has 0 amide bonds. The van der Waals surface area contributed by atoms with E-state index in [1.165, 1.54) is 11.1 Å². The maximum atomic E-state index is 10.3. The molecule has 1 aromatic carbocycles. The van der Waals surface area contributed by atoms with E-state index >= 15 is 0 Å². The van der Waals surface area contributed by atoms with Crippen LogP contribution in [-0.4, -0.2) is 55.1 Å². The van der Waals surface area contributed by atoms with Crippen LogP contribution in [0.4, 0.5) is 0 Å². The highest BCUT2D eigenvalue weighted by Gasteiger charge is 2.19. The molecule has 0 bridgehead atoms. The quantitative estimate of drug-likeness (QED) is 0.903. The van der Waals surface area contributed by atoms with Gasteiger partial charge in [-0.3, -0.25) is 4.90 Å².